The minimum absolute atomic E-state index is 0.251. The fourth-order valence-corrected chi connectivity index (χ4v) is 3.31. The van der Waals surface area contributed by atoms with Crippen LogP contribution < -0.4 is 10.6 Å². The number of nitrogen functional groups attached to an aromatic ring is 1. The first kappa shape index (κ1) is 16.1. The van der Waals surface area contributed by atoms with Crippen molar-refractivity contribution in [2.24, 2.45) is 0 Å². The van der Waals surface area contributed by atoms with Gasteiger partial charge in [-0.25, -0.2) is 12.7 Å². The summed E-state index contributed by atoms with van der Waals surface area (Å²) in [6, 6.07) is 4.83. The molecule has 1 aromatic carbocycles. The van der Waals surface area contributed by atoms with E-state index < -0.39 is 10.0 Å². The second-order valence-corrected chi connectivity index (χ2v) is 8.19. The molecule has 0 saturated carbocycles. The summed E-state index contributed by atoms with van der Waals surface area (Å²) < 4.78 is 31.4. The number of benzene rings is 1. The summed E-state index contributed by atoms with van der Waals surface area (Å²) >= 11 is 0. The molecule has 1 heterocycles. The van der Waals surface area contributed by atoms with Crippen LogP contribution in [-0.2, 0) is 14.8 Å². The van der Waals surface area contributed by atoms with Crippen LogP contribution in [0.5, 0.6) is 0 Å². The van der Waals surface area contributed by atoms with Crippen molar-refractivity contribution in [3.63, 3.8) is 0 Å². The minimum atomic E-state index is -3.46. The van der Waals surface area contributed by atoms with Gasteiger partial charge in [0.05, 0.1) is 28.5 Å². The van der Waals surface area contributed by atoms with Crippen LogP contribution in [0.15, 0.2) is 23.1 Å². The van der Waals surface area contributed by atoms with Crippen LogP contribution in [0.1, 0.15) is 13.8 Å². The molecule has 1 saturated heterocycles. The topological polar surface area (TPSA) is 75.9 Å². The Hall–Kier alpha value is -1.31. The Morgan fingerprint density at radius 1 is 1.33 bits per heavy atom. The summed E-state index contributed by atoms with van der Waals surface area (Å²) in [6.45, 7) is 5.98. The molecule has 1 aromatic rings. The van der Waals surface area contributed by atoms with Crippen molar-refractivity contribution in [3.05, 3.63) is 18.2 Å². The van der Waals surface area contributed by atoms with Gasteiger partial charge < -0.3 is 15.4 Å². The van der Waals surface area contributed by atoms with E-state index in [0.717, 1.165) is 5.69 Å². The van der Waals surface area contributed by atoms with Gasteiger partial charge in [0.15, 0.2) is 0 Å². The van der Waals surface area contributed by atoms with Crippen molar-refractivity contribution in [1.29, 1.82) is 0 Å². The number of ether oxygens (including phenoxy) is 1. The van der Waals surface area contributed by atoms with Gasteiger partial charge in [-0.15, -0.1) is 0 Å². The molecule has 6 nitrogen and oxygen atoms in total. The van der Waals surface area contributed by atoms with Gasteiger partial charge >= 0.3 is 0 Å². The van der Waals surface area contributed by atoms with Crippen molar-refractivity contribution in [1.82, 2.24) is 4.31 Å². The van der Waals surface area contributed by atoms with Gasteiger partial charge in [0.25, 0.3) is 0 Å². The Labute approximate surface area is 126 Å². The number of nitrogens with zero attached hydrogens (tertiary/aromatic N) is 2. The third-order valence-electron chi connectivity index (χ3n) is 3.55. The molecular formula is C14H23N3O3S. The standard InChI is InChI=1S/C14H23N3O3S/c1-14(2)10-17(7-8-20-14)13-9-11(5-6-12(13)15)21(18,19)16(3)4/h5-6,9H,7-8,10,15H2,1-4H3. The molecule has 21 heavy (non-hydrogen) atoms. The molecule has 7 heteroatoms. The highest BCUT2D eigenvalue weighted by molar-refractivity contribution is 7.89. The van der Waals surface area contributed by atoms with E-state index in [1.807, 2.05) is 13.8 Å². The fourth-order valence-electron chi connectivity index (χ4n) is 2.39. The lowest BCUT2D eigenvalue weighted by Crippen LogP contribution is -2.48. The second-order valence-electron chi connectivity index (χ2n) is 6.04. The highest BCUT2D eigenvalue weighted by atomic mass is 32.2. The minimum Gasteiger partial charge on any atom is -0.397 e. The molecule has 0 atom stereocenters. The molecule has 0 aliphatic carbocycles. The Morgan fingerprint density at radius 3 is 2.57 bits per heavy atom. The highest BCUT2D eigenvalue weighted by Gasteiger charge is 2.29. The molecule has 1 fully saturated rings. The molecule has 0 unspecified atom stereocenters. The van der Waals surface area contributed by atoms with Crippen molar-refractivity contribution < 1.29 is 13.2 Å². The average molecular weight is 313 g/mol. The zero-order valence-electron chi connectivity index (χ0n) is 13.0. The second kappa shape index (κ2) is 5.47. The summed E-state index contributed by atoms with van der Waals surface area (Å²) in [5, 5.41) is 0. The number of hydrogen-bond donors (Lipinski definition) is 1. The van der Waals surface area contributed by atoms with Gasteiger partial charge in [-0.1, -0.05) is 0 Å². The maximum atomic E-state index is 12.2. The van der Waals surface area contributed by atoms with E-state index in [2.05, 4.69) is 4.90 Å². The van der Waals surface area contributed by atoms with E-state index in [-0.39, 0.29) is 10.5 Å². The first-order valence-corrected chi connectivity index (χ1v) is 8.28. The van der Waals surface area contributed by atoms with Gasteiger partial charge in [-0.05, 0) is 32.0 Å². The van der Waals surface area contributed by atoms with E-state index in [0.29, 0.717) is 25.4 Å². The Morgan fingerprint density at radius 2 is 2.00 bits per heavy atom. The lowest BCUT2D eigenvalue weighted by molar-refractivity contribution is -0.0276. The van der Waals surface area contributed by atoms with Crippen LogP contribution in [0.4, 0.5) is 11.4 Å². The van der Waals surface area contributed by atoms with Gasteiger partial charge in [0.2, 0.25) is 10.0 Å². The number of hydrogen-bond acceptors (Lipinski definition) is 5. The van der Waals surface area contributed by atoms with Crippen LogP contribution >= 0.6 is 0 Å². The molecule has 2 N–H and O–H groups in total. The summed E-state index contributed by atoms with van der Waals surface area (Å²) in [4.78, 5) is 2.33. The summed E-state index contributed by atoms with van der Waals surface area (Å²) in [6.07, 6.45) is 0. The summed E-state index contributed by atoms with van der Waals surface area (Å²) in [7, 11) is -0.430. The van der Waals surface area contributed by atoms with Gasteiger partial charge in [0, 0.05) is 27.2 Å². The van der Waals surface area contributed by atoms with Crippen molar-refractivity contribution >= 4 is 21.4 Å². The van der Waals surface area contributed by atoms with E-state index >= 15 is 0 Å². The number of rotatable bonds is 3. The van der Waals surface area contributed by atoms with Gasteiger partial charge in [-0.2, -0.15) is 0 Å². The Kier molecular flexibility index (Phi) is 4.19. The van der Waals surface area contributed by atoms with Crippen LogP contribution in [0.3, 0.4) is 0 Å². The van der Waals surface area contributed by atoms with Crippen molar-refractivity contribution in [3.8, 4) is 0 Å². The van der Waals surface area contributed by atoms with E-state index in [9.17, 15) is 8.42 Å². The molecule has 0 spiro atoms. The summed E-state index contributed by atoms with van der Waals surface area (Å²) in [5.41, 5.74) is 7.08. The van der Waals surface area contributed by atoms with Crippen LogP contribution in [0, 0.1) is 0 Å². The monoisotopic (exact) mass is 313 g/mol. The molecule has 0 aromatic heterocycles. The molecule has 0 bridgehead atoms. The van der Waals surface area contributed by atoms with Crippen molar-refractivity contribution in [2.75, 3.05) is 44.4 Å². The largest absolute Gasteiger partial charge is 0.397 e. The molecule has 1 aliphatic rings. The van der Waals surface area contributed by atoms with Gasteiger partial charge in [-0.3, -0.25) is 0 Å². The molecule has 0 amide bonds. The SMILES string of the molecule is CN(C)S(=O)(=O)c1ccc(N)c(N2CCOC(C)(C)C2)c1. The molecule has 118 valence electrons. The number of anilines is 2. The summed E-state index contributed by atoms with van der Waals surface area (Å²) in [5.74, 6) is 0. The third-order valence-corrected chi connectivity index (χ3v) is 5.36. The van der Waals surface area contributed by atoms with Crippen LogP contribution in [0.2, 0.25) is 0 Å². The van der Waals surface area contributed by atoms with E-state index in [4.69, 9.17) is 10.5 Å². The molecular weight excluding hydrogens is 290 g/mol. The lowest BCUT2D eigenvalue weighted by atomic mass is 10.1. The number of sulfonamides is 1. The zero-order chi connectivity index (χ0) is 15.8. The maximum Gasteiger partial charge on any atom is 0.242 e. The third kappa shape index (κ3) is 3.30. The maximum absolute atomic E-state index is 12.2. The number of nitrogens with two attached hydrogens (primary N) is 1. The highest BCUT2D eigenvalue weighted by Crippen LogP contribution is 2.30. The predicted molar refractivity (Wildman–Crippen MR) is 84.0 cm³/mol. The Balaban J connectivity index is 2.41. The van der Waals surface area contributed by atoms with Gasteiger partial charge in [0.1, 0.15) is 0 Å². The van der Waals surface area contributed by atoms with Crippen molar-refractivity contribution in [2.45, 2.75) is 24.3 Å². The lowest BCUT2D eigenvalue weighted by Gasteiger charge is -2.40. The smallest absolute Gasteiger partial charge is 0.242 e. The zero-order valence-corrected chi connectivity index (χ0v) is 13.8. The quantitative estimate of drug-likeness (QED) is 0.847. The van der Waals surface area contributed by atoms with E-state index in [1.54, 1.807) is 18.2 Å². The number of morpholine rings is 1. The first-order chi connectivity index (χ1) is 9.63. The fraction of sp³-hybridized carbons (Fsp3) is 0.571. The van der Waals surface area contributed by atoms with E-state index in [1.165, 1.54) is 18.4 Å². The molecule has 2 rings (SSSR count). The molecule has 0 radical (unpaired) electrons. The average Bonchev–Trinajstić information content (AvgIpc) is 2.37. The van der Waals surface area contributed by atoms with Crippen LogP contribution in [0.25, 0.3) is 0 Å². The normalized spacial score (nSPS) is 19.0. The predicted octanol–water partition coefficient (Wildman–Crippen LogP) is 1.13. The first-order valence-electron chi connectivity index (χ1n) is 6.84. The molecule has 1 aliphatic heterocycles. The van der Waals surface area contributed by atoms with Crippen LogP contribution in [-0.4, -0.2) is 52.1 Å². The Bertz CT molecular complexity index is 626.